The standard InChI is InChI=1S/C14H26N2O/c1-9(2)8-15-14(17)10(3)16-13(11-4-5-11)12-6-7-12/h9-13,16H,4-8H2,1-3H3,(H,15,17). The van der Waals surface area contributed by atoms with E-state index in [1.165, 1.54) is 25.7 Å². The van der Waals surface area contributed by atoms with Crippen LogP contribution in [0.15, 0.2) is 0 Å². The van der Waals surface area contributed by atoms with Gasteiger partial charge in [0, 0.05) is 12.6 Å². The normalized spacial score (nSPS) is 21.9. The van der Waals surface area contributed by atoms with Gasteiger partial charge in [0.25, 0.3) is 0 Å². The van der Waals surface area contributed by atoms with Gasteiger partial charge in [-0.05, 0) is 50.4 Å². The van der Waals surface area contributed by atoms with Gasteiger partial charge in [0.05, 0.1) is 6.04 Å². The van der Waals surface area contributed by atoms with Crippen LogP contribution in [-0.2, 0) is 4.79 Å². The molecule has 0 aromatic heterocycles. The van der Waals surface area contributed by atoms with Gasteiger partial charge in [0.15, 0.2) is 0 Å². The minimum Gasteiger partial charge on any atom is -0.354 e. The Balaban J connectivity index is 1.74. The van der Waals surface area contributed by atoms with Gasteiger partial charge in [-0.2, -0.15) is 0 Å². The van der Waals surface area contributed by atoms with Crippen molar-refractivity contribution >= 4 is 5.91 Å². The molecule has 3 nitrogen and oxygen atoms in total. The van der Waals surface area contributed by atoms with E-state index in [9.17, 15) is 4.79 Å². The maximum atomic E-state index is 11.9. The van der Waals surface area contributed by atoms with E-state index in [0.717, 1.165) is 18.4 Å². The summed E-state index contributed by atoms with van der Waals surface area (Å²) in [7, 11) is 0. The van der Waals surface area contributed by atoms with Crippen molar-refractivity contribution in [3.8, 4) is 0 Å². The van der Waals surface area contributed by atoms with E-state index in [0.29, 0.717) is 12.0 Å². The average molecular weight is 238 g/mol. The fraction of sp³-hybridized carbons (Fsp3) is 0.929. The molecule has 3 heteroatoms. The largest absolute Gasteiger partial charge is 0.354 e. The molecule has 0 saturated heterocycles. The summed E-state index contributed by atoms with van der Waals surface area (Å²) < 4.78 is 0. The lowest BCUT2D eigenvalue weighted by molar-refractivity contribution is -0.123. The van der Waals surface area contributed by atoms with Gasteiger partial charge >= 0.3 is 0 Å². The summed E-state index contributed by atoms with van der Waals surface area (Å²) in [6.07, 6.45) is 5.42. The summed E-state index contributed by atoms with van der Waals surface area (Å²) in [5, 5.41) is 6.56. The zero-order valence-corrected chi connectivity index (χ0v) is 11.3. The highest BCUT2D eigenvalue weighted by Gasteiger charge is 2.42. The lowest BCUT2D eigenvalue weighted by Crippen LogP contribution is -2.48. The van der Waals surface area contributed by atoms with E-state index in [1.807, 2.05) is 6.92 Å². The van der Waals surface area contributed by atoms with Crippen LogP contribution >= 0.6 is 0 Å². The molecule has 0 bridgehead atoms. The molecule has 0 aromatic rings. The van der Waals surface area contributed by atoms with Gasteiger partial charge in [0.1, 0.15) is 0 Å². The number of carbonyl (C=O) groups is 1. The van der Waals surface area contributed by atoms with Crippen molar-refractivity contribution in [3.63, 3.8) is 0 Å². The predicted molar refractivity (Wildman–Crippen MR) is 69.7 cm³/mol. The molecule has 1 atom stereocenters. The smallest absolute Gasteiger partial charge is 0.236 e. The Morgan fingerprint density at radius 3 is 2.06 bits per heavy atom. The maximum Gasteiger partial charge on any atom is 0.236 e. The van der Waals surface area contributed by atoms with Gasteiger partial charge in [-0.1, -0.05) is 13.8 Å². The first-order chi connectivity index (χ1) is 8.08. The molecule has 0 aliphatic heterocycles. The highest BCUT2D eigenvalue weighted by Crippen LogP contribution is 2.44. The predicted octanol–water partition coefficient (Wildman–Crippen LogP) is 1.93. The average Bonchev–Trinajstić information content (AvgIpc) is 3.15. The second kappa shape index (κ2) is 5.38. The molecule has 1 unspecified atom stereocenters. The van der Waals surface area contributed by atoms with E-state index in [-0.39, 0.29) is 11.9 Å². The number of hydrogen-bond acceptors (Lipinski definition) is 2. The molecule has 0 radical (unpaired) electrons. The fourth-order valence-electron chi connectivity index (χ4n) is 2.39. The van der Waals surface area contributed by atoms with Crippen molar-refractivity contribution in [2.75, 3.05) is 6.54 Å². The van der Waals surface area contributed by atoms with Crippen LogP contribution in [0.5, 0.6) is 0 Å². The fourth-order valence-corrected chi connectivity index (χ4v) is 2.39. The Morgan fingerprint density at radius 2 is 1.65 bits per heavy atom. The Labute approximate surface area is 105 Å². The van der Waals surface area contributed by atoms with E-state index in [1.54, 1.807) is 0 Å². The Bertz CT molecular complexity index is 257. The molecule has 2 aliphatic carbocycles. The molecule has 0 spiro atoms. The van der Waals surface area contributed by atoms with Crippen molar-refractivity contribution in [1.29, 1.82) is 0 Å². The number of nitrogens with one attached hydrogen (secondary N) is 2. The number of rotatable bonds is 7. The molecule has 2 rings (SSSR count). The van der Waals surface area contributed by atoms with Crippen molar-refractivity contribution < 1.29 is 4.79 Å². The van der Waals surface area contributed by atoms with Crippen LogP contribution in [0.1, 0.15) is 46.5 Å². The minimum atomic E-state index is -0.0417. The van der Waals surface area contributed by atoms with Crippen LogP contribution in [0, 0.1) is 17.8 Å². The van der Waals surface area contributed by atoms with Gasteiger partial charge in [0.2, 0.25) is 5.91 Å². The maximum absolute atomic E-state index is 11.9. The van der Waals surface area contributed by atoms with E-state index < -0.39 is 0 Å². The van der Waals surface area contributed by atoms with Gasteiger partial charge < -0.3 is 10.6 Å². The van der Waals surface area contributed by atoms with Crippen LogP contribution in [0.3, 0.4) is 0 Å². The highest BCUT2D eigenvalue weighted by molar-refractivity contribution is 5.81. The molecule has 2 aliphatic rings. The molecule has 2 saturated carbocycles. The van der Waals surface area contributed by atoms with E-state index in [2.05, 4.69) is 24.5 Å². The summed E-state index contributed by atoms with van der Waals surface area (Å²) in [4.78, 5) is 11.9. The molecule has 17 heavy (non-hydrogen) atoms. The molecule has 0 aromatic carbocycles. The lowest BCUT2D eigenvalue weighted by atomic mass is 10.1. The van der Waals surface area contributed by atoms with Gasteiger partial charge in [-0.3, -0.25) is 4.79 Å². The topological polar surface area (TPSA) is 41.1 Å². The first kappa shape index (κ1) is 12.9. The zero-order chi connectivity index (χ0) is 12.4. The molecule has 1 amide bonds. The van der Waals surface area contributed by atoms with Gasteiger partial charge in [-0.25, -0.2) is 0 Å². The lowest BCUT2D eigenvalue weighted by Gasteiger charge is -2.23. The molecule has 2 N–H and O–H groups in total. The summed E-state index contributed by atoms with van der Waals surface area (Å²) in [6.45, 7) is 7.01. The summed E-state index contributed by atoms with van der Waals surface area (Å²) in [5.41, 5.74) is 0. The SMILES string of the molecule is CC(C)CNC(=O)C(C)NC(C1CC1)C1CC1. The Morgan fingerprint density at radius 1 is 1.12 bits per heavy atom. The Hall–Kier alpha value is -0.570. The Kier molecular flexibility index (Phi) is 4.08. The van der Waals surface area contributed by atoms with Crippen LogP contribution in [0.25, 0.3) is 0 Å². The third kappa shape index (κ3) is 3.98. The number of hydrogen-bond donors (Lipinski definition) is 2. The second-order valence-corrected chi connectivity index (χ2v) is 6.23. The molecule has 98 valence electrons. The van der Waals surface area contributed by atoms with E-state index in [4.69, 9.17) is 0 Å². The monoisotopic (exact) mass is 238 g/mol. The van der Waals surface area contributed by atoms with Crippen molar-refractivity contribution in [3.05, 3.63) is 0 Å². The van der Waals surface area contributed by atoms with Crippen molar-refractivity contribution in [2.24, 2.45) is 17.8 Å². The quantitative estimate of drug-likeness (QED) is 0.711. The summed E-state index contributed by atoms with van der Waals surface area (Å²) in [5.74, 6) is 2.38. The van der Waals surface area contributed by atoms with Crippen LogP contribution < -0.4 is 10.6 Å². The summed E-state index contributed by atoms with van der Waals surface area (Å²) in [6, 6.07) is 0.565. The number of amides is 1. The zero-order valence-electron chi connectivity index (χ0n) is 11.3. The molecular weight excluding hydrogens is 212 g/mol. The first-order valence-corrected chi connectivity index (χ1v) is 7.11. The minimum absolute atomic E-state index is 0.0417. The van der Waals surface area contributed by atoms with E-state index >= 15 is 0 Å². The molecule has 2 fully saturated rings. The number of carbonyl (C=O) groups excluding carboxylic acids is 1. The van der Waals surface area contributed by atoms with Crippen LogP contribution in [0.2, 0.25) is 0 Å². The van der Waals surface area contributed by atoms with Crippen LogP contribution in [-0.4, -0.2) is 24.5 Å². The highest BCUT2D eigenvalue weighted by atomic mass is 16.2. The summed E-state index contributed by atoms with van der Waals surface area (Å²) >= 11 is 0. The van der Waals surface area contributed by atoms with Crippen molar-refractivity contribution in [1.82, 2.24) is 10.6 Å². The first-order valence-electron chi connectivity index (χ1n) is 7.11. The van der Waals surface area contributed by atoms with Crippen molar-refractivity contribution in [2.45, 2.75) is 58.5 Å². The third-order valence-electron chi connectivity index (χ3n) is 3.78. The van der Waals surface area contributed by atoms with Crippen LogP contribution in [0.4, 0.5) is 0 Å². The van der Waals surface area contributed by atoms with Gasteiger partial charge in [-0.15, -0.1) is 0 Å². The molecular formula is C14H26N2O. The second-order valence-electron chi connectivity index (χ2n) is 6.23. The third-order valence-corrected chi connectivity index (χ3v) is 3.78. The molecule has 0 heterocycles.